The highest BCUT2D eigenvalue weighted by molar-refractivity contribution is 5.77. The monoisotopic (exact) mass is 196 g/mol. The van der Waals surface area contributed by atoms with Gasteiger partial charge in [0.15, 0.2) is 0 Å². The quantitative estimate of drug-likeness (QED) is 0.740. The Bertz CT molecular complexity index is 270. The van der Waals surface area contributed by atoms with Crippen LogP contribution in [0.3, 0.4) is 0 Å². The second kappa shape index (κ2) is 5.44. The second-order valence-corrected chi connectivity index (χ2v) is 3.07. The van der Waals surface area contributed by atoms with Crippen LogP contribution in [0.2, 0.25) is 0 Å². The summed E-state index contributed by atoms with van der Waals surface area (Å²) in [6.07, 6.45) is 1.62. The molecular weight excluding hydrogens is 180 g/mol. The highest BCUT2D eigenvalue weighted by Crippen LogP contribution is 2.11. The van der Waals surface area contributed by atoms with E-state index in [1.165, 1.54) is 0 Å². The van der Waals surface area contributed by atoms with E-state index >= 15 is 0 Å². The maximum atomic E-state index is 11.1. The summed E-state index contributed by atoms with van der Waals surface area (Å²) in [5.41, 5.74) is 0. The van der Waals surface area contributed by atoms with Crippen LogP contribution in [-0.2, 0) is 4.79 Å². The third kappa shape index (κ3) is 3.22. The molecule has 0 fully saturated rings. The van der Waals surface area contributed by atoms with Gasteiger partial charge in [-0.05, 0) is 26.0 Å². The lowest BCUT2D eigenvalue weighted by Crippen LogP contribution is -2.34. The van der Waals surface area contributed by atoms with Crippen LogP contribution in [0.5, 0.6) is 0 Å². The van der Waals surface area contributed by atoms with Gasteiger partial charge < -0.3 is 9.73 Å². The fourth-order valence-corrected chi connectivity index (χ4v) is 1.14. The number of carbonyl (C=O) groups is 1. The molecular formula is C10H16N2O2. The average molecular weight is 196 g/mol. The molecule has 1 amide bonds. The first-order chi connectivity index (χ1) is 6.74. The number of furan rings is 1. The Morgan fingerprint density at radius 1 is 1.64 bits per heavy atom. The Kier molecular flexibility index (Phi) is 4.19. The molecule has 14 heavy (non-hydrogen) atoms. The van der Waals surface area contributed by atoms with Crippen LogP contribution in [0.4, 0.5) is 0 Å². The molecule has 2 N–H and O–H groups in total. The van der Waals surface area contributed by atoms with Gasteiger partial charge in [-0.15, -0.1) is 0 Å². The summed E-state index contributed by atoms with van der Waals surface area (Å²) in [7, 11) is 0. The van der Waals surface area contributed by atoms with Gasteiger partial charge >= 0.3 is 0 Å². The van der Waals surface area contributed by atoms with E-state index in [0.717, 1.165) is 5.76 Å². The number of amides is 1. The van der Waals surface area contributed by atoms with E-state index in [1.807, 2.05) is 26.0 Å². The van der Waals surface area contributed by atoms with Crippen molar-refractivity contribution in [2.75, 3.05) is 13.1 Å². The molecule has 1 unspecified atom stereocenters. The normalized spacial score (nSPS) is 12.4. The van der Waals surface area contributed by atoms with Crippen LogP contribution in [0.15, 0.2) is 22.8 Å². The van der Waals surface area contributed by atoms with Gasteiger partial charge in [-0.3, -0.25) is 10.1 Å². The van der Waals surface area contributed by atoms with Crippen LogP contribution in [0.25, 0.3) is 0 Å². The topological polar surface area (TPSA) is 54.3 Å². The first-order valence-electron chi connectivity index (χ1n) is 4.77. The summed E-state index contributed by atoms with van der Waals surface area (Å²) in [6.45, 7) is 4.83. The molecule has 0 saturated heterocycles. The van der Waals surface area contributed by atoms with E-state index < -0.39 is 0 Å². The second-order valence-electron chi connectivity index (χ2n) is 3.07. The average Bonchev–Trinajstić information content (AvgIpc) is 2.67. The van der Waals surface area contributed by atoms with Gasteiger partial charge in [-0.2, -0.15) is 0 Å². The van der Waals surface area contributed by atoms with Crippen molar-refractivity contribution in [3.05, 3.63) is 24.2 Å². The molecule has 0 aromatic carbocycles. The Labute approximate surface area is 83.7 Å². The molecule has 4 heteroatoms. The smallest absolute Gasteiger partial charge is 0.233 e. The summed E-state index contributed by atoms with van der Waals surface area (Å²) in [4.78, 5) is 11.1. The largest absolute Gasteiger partial charge is 0.468 e. The Morgan fingerprint density at radius 3 is 3.00 bits per heavy atom. The van der Waals surface area contributed by atoms with E-state index in [1.54, 1.807) is 6.26 Å². The zero-order valence-electron chi connectivity index (χ0n) is 8.54. The summed E-state index contributed by atoms with van der Waals surface area (Å²) >= 11 is 0. The van der Waals surface area contributed by atoms with Gasteiger partial charge in [-0.25, -0.2) is 0 Å². The van der Waals surface area contributed by atoms with E-state index in [0.29, 0.717) is 13.1 Å². The van der Waals surface area contributed by atoms with Crippen molar-refractivity contribution in [3.8, 4) is 0 Å². The number of hydrogen-bond acceptors (Lipinski definition) is 3. The summed E-state index contributed by atoms with van der Waals surface area (Å²) in [5.74, 6) is 0.847. The highest BCUT2D eigenvalue weighted by Gasteiger charge is 2.08. The minimum Gasteiger partial charge on any atom is -0.468 e. The van der Waals surface area contributed by atoms with Gasteiger partial charge in [-0.1, -0.05) is 0 Å². The zero-order valence-corrected chi connectivity index (χ0v) is 8.54. The molecule has 1 aromatic heterocycles. The molecule has 0 radical (unpaired) electrons. The third-order valence-corrected chi connectivity index (χ3v) is 1.91. The van der Waals surface area contributed by atoms with Gasteiger partial charge in [0.25, 0.3) is 0 Å². The van der Waals surface area contributed by atoms with Crippen LogP contribution in [-0.4, -0.2) is 19.0 Å². The molecule has 78 valence electrons. The first-order valence-corrected chi connectivity index (χ1v) is 4.77. The molecule has 0 aliphatic heterocycles. The van der Waals surface area contributed by atoms with E-state index in [2.05, 4.69) is 10.6 Å². The van der Waals surface area contributed by atoms with Gasteiger partial charge in [0, 0.05) is 6.54 Å². The molecule has 1 aromatic rings. The number of rotatable bonds is 5. The molecule has 0 spiro atoms. The first kappa shape index (κ1) is 10.8. The summed E-state index contributed by atoms with van der Waals surface area (Å²) in [5, 5.41) is 5.78. The standard InChI is InChI=1S/C10H16N2O2/c1-3-11-10(13)7-12-8(2)9-5-4-6-14-9/h4-6,8,12H,3,7H2,1-2H3,(H,11,13). The fraction of sp³-hybridized carbons (Fsp3) is 0.500. The van der Waals surface area contributed by atoms with Crippen molar-refractivity contribution >= 4 is 5.91 Å². The van der Waals surface area contributed by atoms with Crippen LogP contribution >= 0.6 is 0 Å². The predicted octanol–water partition coefficient (Wildman–Crippen LogP) is 1.07. The van der Waals surface area contributed by atoms with Crippen molar-refractivity contribution in [1.29, 1.82) is 0 Å². The van der Waals surface area contributed by atoms with Crippen LogP contribution in [0.1, 0.15) is 25.6 Å². The van der Waals surface area contributed by atoms with Crippen molar-refractivity contribution in [3.63, 3.8) is 0 Å². The minimum absolute atomic E-state index is 0.00547. The third-order valence-electron chi connectivity index (χ3n) is 1.91. The van der Waals surface area contributed by atoms with E-state index in [4.69, 9.17) is 4.42 Å². The molecule has 1 rings (SSSR count). The van der Waals surface area contributed by atoms with E-state index in [9.17, 15) is 4.79 Å². The Morgan fingerprint density at radius 2 is 2.43 bits per heavy atom. The molecule has 0 aliphatic rings. The van der Waals surface area contributed by atoms with Crippen LogP contribution in [0, 0.1) is 0 Å². The molecule has 1 heterocycles. The molecule has 4 nitrogen and oxygen atoms in total. The van der Waals surface area contributed by atoms with Gasteiger partial charge in [0.2, 0.25) is 5.91 Å². The molecule has 0 aliphatic carbocycles. The molecule has 0 saturated carbocycles. The maximum absolute atomic E-state index is 11.1. The molecule has 0 bridgehead atoms. The lowest BCUT2D eigenvalue weighted by molar-refractivity contribution is -0.120. The maximum Gasteiger partial charge on any atom is 0.233 e. The zero-order chi connectivity index (χ0) is 10.4. The van der Waals surface area contributed by atoms with Crippen LogP contribution < -0.4 is 10.6 Å². The SMILES string of the molecule is CCNC(=O)CNC(C)c1ccco1. The highest BCUT2D eigenvalue weighted by atomic mass is 16.3. The van der Waals surface area contributed by atoms with Crippen molar-refractivity contribution < 1.29 is 9.21 Å². The molecule has 1 atom stereocenters. The predicted molar refractivity (Wildman–Crippen MR) is 53.8 cm³/mol. The lowest BCUT2D eigenvalue weighted by Gasteiger charge is -2.10. The van der Waals surface area contributed by atoms with Crippen molar-refractivity contribution in [2.45, 2.75) is 19.9 Å². The fourth-order valence-electron chi connectivity index (χ4n) is 1.14. The van der Waals surface area contributed by atoms with E-state index in [-0.39, 0.29) is 11.9 Å². The van der Waals surface area contributed by atoms with Crippen molar-refractivity contribution in [1.82, 2.24) is 10.6 Å². The van der Waals surface area contributed by atoms with Crippen molar-refractivity contribution in [2.24, 2.45) is 0 Å². The number of hydrogen-bond donors (Lipinski definition) is 2. The number of carbonyl (C=O) groups excluding carboxylic acids is 1. The Balaban J connectivity index is 2.28. The Hall–Kier alpha value is -1.29. The van der Waals surface area contributed by atoms with Gasteiger partial charge in [0.1, 0.15) is 5.76 Å². The summed E-state index contributed by atoms with van der Waals surface area (Å²) in [6, 6.07) is 3.78. The number of nitrogens with one attached hydrogen (secondary N) is 2. The van der Waals surface area contributed by atoms with Gasteiger partial charge in [0.05, 0.1) is 18.8 Å². The minimum atomic E-state index is 0.00547. The lowest BCUT2D eigenvalue weighted by atomic mass is 10.2. The summed E-state index contributed by atoms with van der Waals surface area (Å²) < 4.78 is 5.19. The number of likely N-dealkylation sites (N-methyl/N-ethyl adjacent to an activating group) is 1.